The summed E-state index contributed by atoms with van der Waals surface area (Å²) in [5, 5.41) is 40.2. The van der Waals surface area contributed by atoms with Crippen LogP contribution in [0.3, 0.4) is 0 Å². The lowest BCUT2D eigenvalue weighted by Crippen LogP contribution is -2.15. The van der Waals surface area contributed by atoms with Gasteiger partial charge < -0.3 is 11.5 Å². The van der Waals surface area contributed by atoms with Gasteiger partial charge in [0.15, 0.2) is 0 Å². The number of anilines is 2. The number of thiophene rings is 2. The first kappa shape index (κ1) is 15.3. The van der Waals surface area contributed by atoms with Crippen molar-refractivity contribution in [2.45, 2.75) is 0 Å². The topological polar surface area (TPSA) is 147 Å². The molecule has 112 valence electrons. The molecule has 0 aliphatic heterocycles. The van der Waals surface area contributed by atoms with Crippen molar-refractivity contribution < 1.29 is 0 Å². The maximum atomic E-state index is 9.31. The summed E-state index contributed by atoms with van der Waals surface area (Å²) in [5.74, 6) is 0. The van der Waals surface area contributed by atoms with Gasteiger partial charge in [-0.3, -0.25) is 0 Å². The van der Waals surface area contributed by atoms with E-state index < -0.39 is 0 Å². The molecule has 0 radical (unpaired) electrons. The van der Waals surface area contributed by atoms with Gasteiger partial charge in [0.05, 0.1) is 10.0 Å². The largest absolute Gasteiger partial charge is 0.391 e. The number of nitrogens with zero attached hydrogens (tertiary/aromatic N) is 4. The number of fused-ring (bicyclic) bond motifs is 2. The predicted molar refractivity (Wildman–Crippen MR) is 94.6 cm³/mol. The molecule has 0 fully saturated rings. The summed E-state index contributed by atoms with van der Waals surface area (Å²) in [7, 11) is 0. The summed E-state index contributed by atoms with van der Waals surface area (Å²) in [6, 6.07) is 10.9. The van der Waals surface area contributed by atoms with Crippen LogP contribution in [0, 0.1) is 45.3 Å². The van der Waals surface area contributed by atoms with E-state index in [1.165, 1.54) is 22.7 Å². The molecule has 3 aromatic rings. The molecule has 0 aliphatic rings. The number of nitrogens with two attached hydrogens (primary N) is 2. The maximum Gasteiger partial charge on any atom is 0.139 e. The molecule has 0 bridgehead atoms. The minimum absolute atomic E-state index is 0.0595. The predicted octanol–water partition coefficient (Wildman–Crippen LogP) is 1.68. The number of nitriles is 4. The quantitative estimate of drug-likeness (QED) is 0.632. The fraction of sp³-hybridized carbons (Fsp3) is 0. The first-order valence-electron chi connectivity index (χ1n) is 6.44. The Labute approximate surface area is 143 Å². The monoisotopic (exact) mass is 346 g/mol. The van der Waals surface area contributed by atoms with Crippen LogP contribution < -0.4 is 21.9 Å². The van der Waals surface area contributed by atoms with Crippen LogP contribution >= 0.6 is 22.7 Å². The van der Waals surface area contributed by atoms with Crippen LogP contribution in [0.1, 0.15) is 0 Å². The summed E-state index contributed by atoms with van der Waals surface area (Å²) in [6.07, 6.45) is 0. The van der Waals surface area contributed by atoms with Gasteiger partial charge in [-0.05, 0) is 12.1 Å². The minimum atomic E-state index is -0.0670. The molecular weight excluding hydrogens is 340 g/mol. The van der Waals surface area contributed by atoms with E-state index in [1.807, 2.05) is 24.3 Å². The molecule has 0 unspecified atom stereocenters. The van der Waals surface area contributed by atoms with Crippen LogP contribution in [0.4, 0.5) is 10.0 Å². The minimum Gasteiger partial charge on any atom is -0.391 e. The summed E-state index contributed by atoms with van der Waals surface area (Å²) in [6.45, 7) is 0. The van der Waals surface area contributed by atoms with Crippen molar-refractivity contribution in [1.82, 2.24) is 0 Å². The highest BCUT2D eigenvalue weighted by atomic mass is 32.1. The van der Waals surface area contributed by atoms with E-state index >= 15 is 0 Å². The number of hydrogen-bond acceptors (Lipinski definition) is 8. The third kappa shape index (κ3) is 2.04. The Morgan fingerprint density at radius 1 is 0.708 bits per heavy atom. The summed E-state index contributed by atoms with van der Waals surface area (Å²) in [4.78, 5) is 0. The maximum absolute atomic E-state index is 9.31. The van der Waals surface area contributed by atoms with Crippen LogP contribution in [0.25, 0.3) is 31.3 Å². The van der Waals surface area contributed by atoms with Crippen LogP contribution in [-0.4, -0.2) is 0 Å². The highest BCUT2D eigenvalue weighted by molar-refractivity contribution is 7.24. The molecule has 2 aromatic heterocycles. The third-order valence-electron chi connectivity index (χ3n) is 3.44. The molecule has 2 heterocycles. The molecule has 0 saturated heterocycles. The molecule has 0 amide bonds. The Bertz CT molecular complexity index is 1120. The summed E-state index contributed by atoms with van der Waals surface area (Å²) < 4.78 is 1.19. The Hall–Kier alpha value is -3.56. The van der Waals surface area contributed by atoms with Crippen molar-refractivity contribution in [2.24, 2.45) is 0 Å². The van der Waals surface area contributed by atoms with Gasteiger partial charge in [-0.1, -0.05) is 0 Å². The van der Waals surface area contributed by atoms with Crippen LogP contribution in [0.5, 0.6) is 0 Å². The van der Waals surface area contributed by atoms with E-state index in [0.717, 1.165) is 0 Å². The molecule has 24 heavy (non-hydrogen) atoms. The Kier molecular flexibility index (Phi) is 3.56. The molecular formula is C16H6N6S2. The highest BCUT2D eigenvalue weighted by Gasteiger charge is 2.16. The van der Waals surface area contributed by atoms with Gasteiger partial charge in [0.2, 0.25) is 0 Å². The molecule has 4 N–H and O–H groups in total. The summed E-state index contributed by atoms with van der Waals surface area (Å²) >= 11 is 2.41. The molecule has 0 spiro atoms. The van der Waals surface area contributed by atoms with Gasteiger partial charge in [-0.2, -0.15) is 21.0 Å². The molecule has 8 heteroatoms. The van der Waals surface area contributed by atoms with Gasteiger partial charge in [-0.25, -0.2) is 0 Å². The van der Waals surface area contributed by atoms with Crippen molar-refractivity contribution in [3.05, 3.63) is 22.6 Å². The molecule has 1 aromatic carbocycles. The van der Waals surface area contributed by atoms with E-state index in [-0.39, 0.29) is 11.1 Å². The van der Waals surface area contributed by atoms with E-state index in [9.17, 15) is 21.0 Å². The lowest BCUT2D eigenvalue weighted by atomic mass is 10.0. The van der Waals surface area contributed by atoms with Crippen molar-refractivity contribution in [1.29, 1.82) is 21.0 Å². The van der Waals surface area contributed by atoms with Crippen LogP contribution in [0.15, 0.2) is 12.1 Å². The number of rotatable bonds is 0. The van der Waals surface area contributed by atoms with Gasteiger partial charge in [0.25, 0.3) is 0 Å². The Balaban J connectivity index is 2.93. The zero-order valence-corrected chi connectivity index (χ0v) is 13.5. The van der Waals surface area contributed by atoms with Crippen molar-refractivity contribution in [3.63, 3.8) is 0 Å². The van der Waals surface area contributed by atoms with Crippen molar-refractivity contribution in [3.8, 4) is 24.3 Å². The third-order valence-corrected chi connectivity index (χ3v) is 5.41. The second kappa shape index (κ2) is 5.57. The zero-order valence-electron chi connectivity index (χ0n) is 11.9. The van der Waals surface area contributed by atoms with Crippen LogP contribution in [0.2, 0.25) is 0 Å². The van der Waals surface area contributed by atoms with Gasteiger partial charge in [0, 0.05) is 30.6 Å². The van der Waals surface area contributed by atoms with E-state index in [0.29, 0.717) is 40.6 Å². The van der Waals surface area contributed by atoms with E-state index in [1.54, 1.807) is 12.1 Å². The fourth-order valence-corrected chi connectivity index (χ4v) is 4.63. The smallest absolute Gasteiger partial charge is 0.139 e. The average molecular weight is 346 g/mol. The molecule has 0 aliphatic carbocycles. The van der Waals surface area contributed by atoms with Crippen molar-refractivity contribution in [2.75, 3.05) is 11.5 Å². The average Bonchev–Trinajstić information content (AvgIpc) is 3.12. The molecule has 6 nitrogen and oxygen atoms in total. The lowest BCUT2D eigenvalue weighted by molar-refractivity contribution is 1.50. The summed E-state index contributed by atoms with van der Waals surface area (Å²) in [5.41, 5.74) is 11.7. The number of benzene rings is 1. The van der Waals surface area contributed by atoms with Gasteiger partial charge in [0.1, 0.15) is 35.4 Å². The Morgan fingerprint density at radius 3 is 1.46 bits per heavy atom. The van der Waals surface area contributed by atoms with Gasteiger partial charge in [-0.15, -0.1) is 22.7 Å². The number of nitrogen functional groups attached to an aromatic ring is 2. The number of hydrogen-bond donors (Lipinski definition) is 2. The van der Waals surface area contributed by atoms with Crippen molar-refractivity contribution >= 4 is 64.0 Å². The zero-order chi connectivity index (χ0) is 17.4. The fourth-order valence-electron chi connectivity index (χ4n) is 2.58. The standard InChI is InChI=1S/C16H6N6S2/c17-3-7(4-18)13-9-1-11(21)23-15(9)14(8(5-19)6-20)16-10(13)2-12(22)24-16/h1-2H,21-22H2. The van der Waals surface area contributed by atoms with E-state index in [4.69, 9.17) is 11.5 Å². The molecule has 0 atom stereocenters. The second-order valence-corrected chi connectivity index (χ2v) is 6.90. The first-order chi connectivity index (χ1) is 11.5. The lowest BCUT2D eigenvalue weighted by Gasteiger charge is -1.99. The molecule has 0 saturated carbocycles. The first-order valence-corrected chi connectivity index (χ1v) is 8.08. The second-order valence-electron chi connectivity index (χ2n) is 4.73. The SMILES string of the molecule is N#CC(C#N)=c1c2cc(N)sc2c(=C(C#N)C#N)c2sc(N)cc12. The van der Waals surface area contributed by atoms with Crippen LogP contribution in [-0.2, 0) is 0 Å². The highest BCUT2D eigenvalue weighted by Crippen LogP contribution is 2.30. The normalized spacial score (nSPS) is 9.83. The van der Waals surface area contributed by atoms with E-state index in [2.05, 4.69) is 0 Å². The Morgan fingerprint density at radius 2 is 1.08 bits per heavy atom. The molecule has 3 rings (SSSR count). The van der Waals surface area contributed by atoms with Gasteiger partial charge >= 0.3 is 0 Å².